The first-order valence-electron chi connectivity index (χ1n) is 5.07. The molecule has 0 aliphatic carbocycles. The van der Waals surface area contributed by atoms with Gasteiger partial charge in [-0.1, -0.05) is 17.7 Å². The average Bonchev–Trinajstić information content (AvgIpc) is 2.69. The minimum Gasteiger partial charge on any atom is -0.271 e. The van der Waals surface area contributed by atoms with E-state index < -0.39 is 0 Å². The van der Waals surface area contributed by atoms with Gasteiger partial charge in [0.15, 0.2) is 0 Å². The van der Waals surface area contributed by atoms with Crippen LogP contribution in [0, 0.1) is 6.92 Å². The maximum atomic E-state index is 5.96. The molecule has 0 bridgehead atoms. The summed E-state index contributed by atoms with van der Waals surface area (Å²) in [7, 11) is 0. The number of nitrogens with two attached hydrogens (primary N) is 1. The van der Waals surface area contributed by atoms with Gasteiger partial charge in [0.1, 0.15) is 0 Å². The summed E-state index contributed by atoms with van der Waals surface area (Å²) in [6.45, 7) is 2.03. The molecule has 0 spiro atoms. The van der Waals surface area contributed by atoms with E-state index >= 15 is 0 Å². The van der Waals surface area contributed by atoms with E-state index in [0.29, 0.717) is 0 Å². The number of aryl methyl sites for hydroxylation is 1. The second-order valence-corrected chi connectivity index (χ2v) is 5.81. The minimum absolute atomic E-state index is 0.0205. The zero-order chi connectivity index (χ0) is 12.4. The molecule has 0 aliphatic rings. The number of halogens is 2. The summed E-state index contributed by atoms with van der Waals surface area (Å²) in [6.07, 6.45) is 0. The highest BCUT2D eigenvalue weighted by atomic mass is 79.9. The SMILES string of the molecule is Cc1cc(Cl)ccc1C(NN)c1cscc1Br. The number of benzene rings is 1. The van der Waals surface area contributed by atoms with Gasteiger partial charge in [-0.3, -0.25) is 5.84 Å². The zero-order valence-electron chi connectivity index (χ0n) is 9.21. The predicted molar refractivity (Wildman–Crippen MR) is 77.4 cm³/mol. The summed E-state index contributed by atoms with van der Waals surface area (Å²) in [6, 6.07) is 5.82. The normalized spacial score (nSPS) is 12.7. The van der Waals surface area contributed by atoms with Crippen LogP contribution in [0.3, 0.4) is 0 Å². The molecule has 2 nitrogen and oxygen atoms in total. The lowest BCUT2D eigenvalue weighted by atomic mass is 9.97. The van der Waals surface area contributed by atoms with Gasteiger partial charge >= 0.3 is 0 Å². The Morgan fingerprint density at radius 3 is 2.65 bits per heavy atom. The van der Waals surface area contributed by atoms with Crippen LogP contribution in [-0.4, -0.2) is 0 Å². The number of nitrogens with one attached hydrogen (secondary N) is 1. The smallest absolute Gasteiger partial charge is 0.0731 e. The van der Waals surface area contributed by atoms with Gasteiger partial charge in [0, 0.05) is 14.9 Å². The molecule has 0 aliphatic heterocycles. The van der Waals surface area contributed by atoms with Gasteiger partial charge < -0.3 is 0 Å². The molecule has 1 aromatic carbocycles. The third-order valence-corrected chi connectivity index (χ3v) is 4.65. The molecule has 3 N–H and O–H groups in total. The van der Waals surface area contributed by atoms with Crippen molar-refractivity contribution in [1.29, 1.82) is 0 Å². The van der Waals surface area contributed by atoms with Gasteiger partial charge in [0.2, 0.25) is 0 Å². The van der Waals surface area contributed by atoms with Crippen LogP contribution in [0.4, 0.5) is 0 Å². The summed E-state index contributed by atoms with van der Waals surface area (Å²) in [5.74, 6) is 5.67. The van der Waals surface area contributed by atoms with Crippen LogP contribution in [-0.2, 0) is 0 Å². The van der Waals surface area contributed by atoms with Crippen LogP contribution < -0.4 is 11.3 Å². The molecule has 90 valence electrons. The Hall–Kier alpha value is -0.390. The first kappa shape index (κ1) is 13.1. The van der Waals surface area contributed by atoms with Crippen LogP contribution in [0.5, 0.6) is 0 Å². The molecule has 2 rings (SSSR count). The summed E-state index contributed by atoms with van der Waals surface area (Å²) in [4.78, 5) is 0. The molecule has 2 aromatic rings. The lowest BCUT2D eigenvalue weighted by Crippen LogP contribution is -2.29. The van der Waals surface area contributed by atoms with E-state index in [1.54, 1.807) is 11.3 Å². The Labute approximate surface area is 118 Å². The lowest BCUT2D eigenvalue weighted by molar-refractivity contribution is 0.633. The molecule has 1 heterocycles. The largest absolute Gasteiger partial charge is 0.271 e. The highest BCUT2D eigenvalue weighted by Gasteiger charge is 2.17. The van der Waals surface area contributed by atoms with Gasteiger partial charge in [-0.05, 0) is 57.1 Å². The van der Waals surface area contributed by atoms with Crippen LogP contribution in [0.15, 0.2) is 33.4 Å². The minimum atomic E-state index is -0.0205. The molecular formula is C12H12BrClN2S. The molecule has 0 saturated carbocycles. The van der Waals surface area contributed by atoms with Crippen LogP contribution in [0.2, 0.25) is 5.02 Å². The van der Waals surface area contributed by atoms with Gasteiger partial charge in [0.25, 0.3) is 0 Å². The molecule has 0 saturated heterocycles. The third kappa shape index (κ3) is 2.72. The Balaban J connectivity index is 2.46. The molecular weight excluding hydrogens is 320 g/mol. The number of hydrogen-bond donors (Lipinski definition) is 2. The number of hydrazine groups is 1. The Bertz CT molecular complexity index is 527. The summed E-state index contributed by atoms with van der Waals surface area (Å²) >= 11 is 11.1. The van der Waals surface area contributed by atoms with E-state index in [2.05, 4.69) is 26.7 Å². The maximum Gasteiger partial charge on any atom is 0.0731 e. The van der Waals surface area contributed by atoms with Gasteiger partial charge in [-0.25, -0.2) is 5.43 Å². The standard InChI is InChI=1S/C12H12BrClN2S/c1-7-4-8(14)2-3-9(7)12(16-15)10-5-17-6-11(10)13/h2-6,12,16H,15H2,1H3. The van der Waals surface area contributed by atoms with E-state index in [0.717, 1.165) is 26.2 Å². The molecule has 5 heteroatoms. The topological polar surface area (TPSA) is 38.0 Å². The molecule has 1 atom stereocenters. The molecule has 1 unspecified atom stereocenters. The van der Waals surface area contributed by atoms with Crippen molar-refractivity contribution >= 4 is 38.9 Å². The van der Waals surface area contributed by atoms with Crippen molar-refractivity contribution < 1.29 is 0 Å². The van der Waals surface area contributed by atoms with Crippen LogP contribution >= 0.6 is 38.9 Å². The van der Waals surface area contributed by atoms with E-state index in [4.69, 9.17) is 17.4 Å². The van der Waals surface area contributed by atoms with Crippen molar-refractivity contribution in [3.05, 3.63) is 55.1 Å². The molecule has 17 heavy (non-hydrogen) atoms. The van der Waals surface area contributed by atoms with Gasteiger partial charge in [-0.2, -0.15) is 11.3 Å². The first-order chi connectivity index (χ1) is 8.13. The number of thiophene rings is 1. The summed E-state index contributed by atoms with van der Waals surface area (Å²) < 4.78 is 1.07. The summed E-state index contributed by atoms with van der Waals surface area (Å²) in [5, 5.41) is 4.87. The highest BCUT2D eigenvalue weighted by Crippen LogP contribution is 2.33. The molecule has 1 aromatic heterocycles. The fourth-order valence-electron chi connectivity index (χ4n) is 1.81. The quantitative estimate of drug-likeness (QED) is 0.658. The lowest BCUT2D eigenvalue weighted by Gasteiger charge is -2.18. The fraction of sp³-hybridized carbons (Fsp3) is 0.167. The van der Waals surface area contributed by atoms with E-state index in [1.165, 1.54) is 0 Å². The van der Waals surface area contributed by atoms with Gasteiger partial charge in [-0.15, -0.1) is 0 Å². The van der Waals surface area contributed by atoms with E-state index in [-0.39, 0.29) is 6.04 Å². The Morgan fingerprint density at radius 2 is 2.12 bits per heavy atom. The molecule has 0 amide bonds. The molecule has 0 fully saturated rings. The van der Waals surface area contributed by atoms with E-state index in [1.807, 2.05) is 30.5 Å². The van der Waals surface area contributed by atoms with Crippen molar-refractivity contribution in [2.75, 3.05) is 0 Å². The molecule has 0 radical (unpaired) electrons. The van der Waals surface area contributed by atoms with Crippen molar-refractivity contribution in [3.8, 4) is 0 Å². The maximum absolute atomic E-state index is 5.96. The fourth-order valence-corrected chi connectivity index (χ4v) is 3.59. The van der Waals surface area contributed by atoms with Gasteiger partial charge in [0.05, 0.1) is 6.04 Å². The van der Waals surface area contributed by atoms with Crippen molar-refractivity contribution in [3.63, 3.8) is 0 Å². The van der Waals surface area contributed by atoms with Crippen molar-refractivity contribution in [2.45, 2.75) is 13.0 Å². The zero-order valence-corrected chi connectivity index (χ0v) is 12.4. The Kier molecular flexibility index (Phi) is 4.22. The average molecular weight is 332 g/mol. The first-order valence-corrected chi connectivity index (χ1v) is 7.18. The third-order valence-electron chi connectivity index (χ3n) is 2.66. The second kappa shape index (κ2) is 5.50. The summed E-state index contributed by atoms with van der Waals surface area (Å²) in [5.41, 5.74) is 6.26. The Morgan fingerprint density at radius 1 is 1.35 bits per heavy atom. The van der Waals surface area contributed by atoms with Crippen LogP contribution in [0.25, 0.3) is 0 Å². The second-order valence-electron chi connectivity index (χ2n) is 3.78. The van der Waals surface area contributed by atoms with Crippen molar-refractivity contribution in [2.24, 2.45) is 5.84 Å². The van der Waals surface area contributed by atoms with E-state index in [9.17, 15) is 0 Å². The number of rotatable bonds is 3. The van der Waals surface area contributed by atoms with Crippen molar-refractivity contribution in [1.82, 2.24) is 5.43 Å². The number of hydrogen-bond acceptors (Lipinski definition) is 3. The predicted octanol–water partition coefficient (Wildman–Crippen LogP) is 4.03. The highest BCUT2D eigenvalue weighted by molar-refractivity contribution is 9.10. The van der Waals surface area contributed by atoms with Crippen LogP contribution in [0.1, 0.15) is 22.7 Å². The monoisotopic (exact) mass is 330 g/mol.